The van der Waals surface area contributed by atoms with E-state index in [9.17, 15) is 14.0 Å². The molecule has 1 N–H and O–H groups in total. The molecule has 3 atom stereocenters. The van der Waals surface area contributed by atoms with Gasteiger partial charge in [-0.1, -0.05) is 19.1 Å². The number of amides is 2. The van der Waals surface area contributed by atoms with Gasteiger partial charge in [-0.05, 0) is 72.3 Å². The van der Waals surface area contributed by atoms with Crippen LogP contribution >= 0.6 is 0 Å². The molecule has 0 spiro atoms. The summed E-state index contributed by atoms with van der Waals surface area (Å²) in [7, 11) is 1.60. The van der Waals surface area contributed by atoms with Crippen LogP contribution in [0.2, 0.25) is 0 Å². The fourth-order valence-corrected chi connectivity index (χ4v) is 5.28. The molecule has 3 heterocycles. The van der Waals surface area contributed by atoms with Crippen molar-refractivity contribution in [2.45, 2.75) is 19.0 Å². The van der Waals surface area contributed by atoms with Gasteiger partial charge < -0.3 is 15.0 Å². The Morgan fingerprint density at radius 3 is 2.42 bits per heavy atom. The Bertz CT molecular complexity index is 1690. The molecule has 1 fully saturated rings. The maximum absolute atomic E-state index is 13.8. The van der Waals surface area contributed by atoms with Crippen LogP contribution in [0, 0.1) is 11.7 Å². The summed E-state index contributed by atoms with van der Waals surface area (Å²) in [6, 6.07) is 21.7. The van der Waals surface area contributed by atoms with Gasteiger partial charge in [0.05, 0.1) is 48.1 Å². The molecule has 0 bridgehead atoms. The molecular formula is C31H26FN5O3. The zero-order valence-corrected chi connectivity index (χ0v) is 21.9. The molecule has 1 aliphatic heterocycles. The summed E-state index contributed by atoms with van der Waals surface area (Å²) in [6.07, 6.45) is 4.83. The lowest BCUT2D eigenvalue weighted by Gasteiger charge is -2.29. The highest BCUT2D eigenvalue weighted by Gasteiger charge is 2.48. The topological polar surface area (TPSA) is 89.3 Å². The van der Waals surface area contributed by atoms with Crippen LogP contribution in [0.1, 0.15) is 28.9 Å². The standard InChI is InChI=1S/C31H26FN5O3/c1-19-28(35-30(38)21-4-3-15-33-17-21)29(20-5-12-26(40-2)13-6-20)36(31(19)39)25-11-14-27-22(16-25)18-34-37(27)24-9-7-23(32)8-10-24/h3-19,28-29H,1-2H3,(H,35,38)/t19-,28-,29?/m0/s1. The highest BCUT2D eigenvalue weighted by Crippen LogP contribution is 2.41. The van der Waals surface area contributed by atoms with Crippen LogP contribution in [0.4, 0.5) is 10.1 Å². The van der Waals surface area contributed by atoms with E-state index in [1.54, 1.807) is 53.4 Å². The number of fused-ring (bicyclic) bond motifs is 1. The number of hydrogen-bond acceptors (Lipinski definition) is 5. The Labute approximate surface area is 230 Å². The number of anilines is 1. The molecule has 9 heteroatoms. The van der Waals surface area contributed by atoms with Crippen LogP contribution in [-0.4, -0.2) is 39.7 Å². The predicted octanol–water partition coefficient (Wildman–Crippen LogP) is 5.09. The number of methoxy groups -OCH3 is 1. The molecule has 0 aliphatic carbocycles. The highest BCUT2D eigenvalue weighted by atomic mass is 19.1. The van der Waals surface area contributed by atoms with Gasteiger partial charge in [0.2, 0.25) is 5.91 Å². The third-order valence-corrected chi connectivity index (χ3v) is 7.36. The van der Waals surface area contributed by atoms with Crippen LogP contribution in [-0.2, 0) is 4.79 Å². The first-order chi connectivity index (χ1) is 19.4. The van der Waals surface area contributed by atoms with Crippen LogP contribution in [0.5, 0.6) is 5.75 Å². The fourth-order valence-electron chi connectivity index (χ4n) is 5.28. The maximum Gasteiger partial charge on any atom is 0.253 e. The van der Waals surface area contributed by atoms with Crippen LogP contribution < -0.4 is 15.0 Å². The van der Waals surface area contributed by atoms with Crippen molar-refractivity contribution < 1.29 is 18.7 Å². The molecule has 5 aromatic rings. The molecule has 1 saturated heterocycles. The highest BCUT2D eigenvalue weighted by molar-refractivity contribution is 6.02. The first-order valence-electron chi connectivity index (χ1n) is 12.9. The van der Waals surface area contributed by atoms with Crippen LogP contribution in [0.25, 0.3) is 16.6 Å². The van der Waals surface area contributed by atoms with E-state index in [1.807, 2.05) is 49.4 Å². The van der Waals surface area contributed by atoms with Crippen molar-refractivity contribution in [1.82, 2.24) is 20.1 Å². The molecule has 0 radical (unpaired) electrons. The summed E-state index contributed by atoms with van der Waals surface area (Å²) >= 11 is 0. The molecular weight excluding hydrogens is 509 g/mol. The van der Waals surface area contributed by atoms with Gasteiger partial charge in [-0.15, -0.1) is 0 Å². The Balaban J connectivity index is 1.40. The average molecular weight is 536 g/mol. The Morgan fingerprint density at radius 1 is 0.975 bits per heavy atom. The monoisotopic (exact) mass is 535 g/mol. The Kier molecular flexibility index (Phi) is 6.47. The van der Waals surface area contributed by atoms with Gasteiger partial charge >= 0.3 is 0 Å². The zero-order valence-electron chi connectivity index (χ0n) is 21.9. The molecule has 2 amide bonds. The number of benzene rings is 3. The van der Waals surface area contributed by atoms with Crippen LogP contribution in [0.3, 0.4) is 0 Å². The van der Waals surface area contributed by atoms with E-state index in [1.165, 1.54) is 18.3 Å². The number of aromatic nitrogens is 3. The van der Waals surface area contributed by atoms with E-state index in [0.29, 0.717) is 17.0 Å². The lowest BCUT2D eigenvalue weighted by Crippen LogP contribution is -2.42. The second-order valence-electron chi connectivity index (χ2n) is 9.73. The number of ether oxygens (including phenoxy) is 1. The van der Waals surface area contributed by atoms with Crippen molar-refractivity contribution in [2.24, 2.45) is 5.92 Å². The molecule has 3 aromatic carbocycles. The number of nitrogens with zero attached hydrogens (tertiary/aromatic N) is 4. The molecule has 200 valence electrons. The third kappa shape index (κ3) is 4.45. The minimum Gasteiger partial charge on any atom is -0.497 e. The SMILES string of the molecule is COc1ccc(C2[C@@H](NC(=O)c3cccnc3)[C@H](C)C(=O)N2c2ccc3c(cnn3-c3ccc(F)cc3)c2)cc1. The lowest BCUT2D eigenvalue weighted by molar-refractivity contribution is -0.120. The fraction of sp³-hybridized carbons (Fsp3) is 0.161. The number of halogens is 1. The molecule has 1 unspecified atom stereocenters. The van der Waals surface area contributed by atoms with E-state index in [2.05, 4.69) is 15.4 Å². The van der Waals surface area contributed by atoms with Gasteiger partial charge in [0, 0.05) is 23.5 Å². The van der Waals surface area contributed by atoms with E-state index in [-0.39, 0.29) is 17.6 Å². The maximum atomic E-state index is 13.8. The van der Waals surface area contributed by atoms with Gasteiger partial charge in [-0.25, -0.2) is 9.07 Å². The van der Waals surface area contributed by atoms with E-state index >= 15 is 0 Å². The Morgan fingerprint density at radius 2 is 1.73 bits per heavy atom. The smallest absolute Gasteiger partial charge is 0.253 e. The number of hydrogen-bond donors (Lipinski definition) is 1. The second kappa shape index (κ2) is 10.3. The van der Waals surface area contributed by atoms with Crippen molar-refractivity contribution in [1.29, 1.82) is 0 Å². The van der Waals surface area contributed by atoms with Gasteiger partial charge in [-0.2, -0.15) is 5.10 Å². The number of carbonyl (C=O) groups is 2. The summed E-state index contributed by atoms with van der Waals surface area (Å²) in [5, 5.41) is 8.41. The molecule has 40 heavy (non-hydrogen) atoms. The zero-order chi connectivity index (χ0) is 27.8. The summed E-state index contributed by atoms with van der Waals surface area (Å²) < 4.78 is 20.5. The van der Waals surface area contributed by atoms with Crippen molar-refractivity contribution in [3.05, 3.63) is 114 Å². The normalized spacial score (nSPS) is 18.7. The van der Waals surface area contributed by atoms with Gasteiger partial charge in [-0.3, -0.25) is 14.6 Å². The molecule has 8 nitrogen and oxygen atoms in total. The minimum absolute atomic E-state index is 0.109. The largest absolute Gasteiger partial charge is 0.497 e. The summed E-state index contributed by atoms with van der Waals surface area (Å²) in [5.41, 5.74) is 3.50. The number of rotatable bonds is 6. The van der Waals surface area contributed by atoms with Gasteiger partial charge in [0.15, 0.2) is 0 Å². The van der Waals surface area contributed by atoms with Gasteiger partial charge in [0.25, 0.3) is 5.91 Å². The predicted molar refractivity (Wildman–Crippen MR) is 149 cm³/mol. The van der Waals surface area contributed by atoms with E-state index < -0.39 is 18.0 Å². The molecule has 6 rings (SSSR count). The van der Waals surface area contributed by atoms with Crippen molar-refractivity contribution in [2.75, 3.05) is 12.0 Å². The minimum atomic E-state index is -0.508. The molecule has 2 aromatic heterocycles. The van der Waals surface area contributed by atoms with E-state index in [0.717, 1.165) is 22.2 Å². The number of carbonyl (C=O) groups excluding carboxylic acids is 2. The molecule has 0 saturated carbocycles. The lowest BCUT2D eigenvalue weighted by atomic mass is 9.94. The quantitative estimate of drug-likeness (QED) is 0.327. The van der Waals surface area contributed by atoms with Crippen molar-refractivity contribution in [3.8, 4) is 11.4 Å². The average Bonchev–Trinajstić information content (AvgIpc) is 3.52. The van der Waals surface area contributed by atoms with Crippen molar-refractivity contribution in [3.63, 3.8) is 0 Å². The van der Waals surface area contributed by atoms with Crippen molar-refractivity contribution >= 4 is 28.4 Å². The van der Waals surface area contributed by atoms with Gasteiger partial charge in [0.1, 0.15) is 11.6 Å². The van der Waals surface area contributed by atoms with Crippen LogP contribution in [0.15, 0.2) is 97.5 Å². The summed E-state index contributed by atoms with van der Waals surface area (Å²) in [4.78, 5) is 32.8. The number of nitrogens with one attached hydrogen (secondary N) is 1. The number of pyridine rings is 1. The first kappa shape index (κ1) is 25.2. The first-order valence-corrected chi connectivity index (χ1v) is 12.9. The summed E-state index contributed by atoms with van der Waals surface area (Å²) in [5.74, 6) is -0.528. The Hall–Kier alpha value is -5.05. The third-order valence-electron chi connectivity index (χ3n) is 7.36. The second-order valence-corrected chi connectivity index (χ2v) is 9.73. The molecule has 1 aliphatic rings. The van der Waals surface area contributed by atoms with E-state index in [4.69, 9.17) is 4.74 Å². The summed E-state index contributed by atoms with van der Waals surface area (Å²) in [6.45, 7) is 1.83.